The molecule has 2 heterocycles. The van der Waals surface area contributed by atoms with Crippen molar-refractivity contribution in [1.82, 2.24) is 60.5 Å². The number of urea groups is 2. The molecular weight excluding hydrogens is 1480 g/mol. The summed E-state index contributed by atoms with van der Waals surface area (Å²) < 4.78 is 0. The fraction of sp³-hybridized carbons (Fsp3) is 0.576. The van der Waals surface area contributed by atoms with Crippen molar-refractivity contribution >= 4 is 23.8 Å². The van der Waals surface area contributed by atoms with Crippen LogP contribution < -0.4 is 32.7 Å². The molecule has 6 aliphatic carbocycles. The van der Waals surface area contributed by atoms with Gasteiger partial charge in [-0.05, 0) is 280 Å². The lowest BCUT2D eigenvalue weighted by atomic mass is 9.68. The highest BCUT2D eigenvalue weighted by Gasteiger charge is 2.54. The highest BCUT2D eigenvalue weighted by Crippen LogP contribution is 2.52. The quantitative estimate of drug-likeness (QED) is 0.0469. The van der Waals surface area contributed by atoms with Gasteiger partial charge in [-0.25, -0.2) is 9.59 Å². The highest BCUT2D eigenvalue weighted by atomic mass is 16.2. The second kappa shape index (κ2) is 41.0. The number of Topliss-reactive ketones (excluding diaryl/α,β-unsaturated/α-hetero) is 1. The van der Waals surface area contributed by atoms with Crippen molar-refractivity contribution < 1.29 is 19.2 Å². The van der Waals surface area contributed by atoms with Crippen molar-refractivity contribution in [2.24, 2.45) is 11.5 Å². The number of nitrogens with two attached hydrogens (primary N) is 2. The summed E-state index contributed by atoms with van der Waals surface area (Å²) >= 11 is 0. The molecule has 2 aliphatic heterocycles. The maximum atomic E-state index is 12.0. The molecule has 6 aromatic rings. The number of likely N-dealkylation sites (N-methyl/N-ethyl adjacent to an activating group) is 3. The van der Waals surface area contributed by atoms with E-state index in [9.17, 15) is 24.4 Å². The van der Waals surface area contributed by atoms with E-state index in [1.165, 1.54) is 40.3 Å². The first-order valence-electron chi connectivity index (χ1n) is 44.1. The zero-order valence-electron chi connectivity index (χ0n) is 75.3. The topological polar surface area (TPSA) is 242 Å². The van der Waals surface area contributed by atoms with Gasteiger partial charge in [-0.15, -0.1) is 0 Å². The number of nitrogens with one attached hydrogen (secondary N) is 4. The molecule has 20 heteroatoms. The highest BCUT2D eigenvalue weighted by molar-refractivity contribution is 5.80. The Kier molecular flexibility index (Phi) is 32.5. The average molecular weight is 1620 g/mol. The molecule has 0 bridgehead atoms. The first-order valence-corrected chi connectivity index (χ1v) is 44.1. The van der Waals surface area contributed by atoms with Gasteiger partial charge in [0.15, 0.2) is 0 Å². The third kappa shape index (κ3) is 20.7. The fourth-order valence-electron chi connectivity index (χ4n) is 21.7. The van der Waals surface area contributed by atoms with Crippen LogP contribution in [0.5, 0.6) is 0 Å². The molecule has 8 aliphatic rings. The van der Waals surface area contributed by atoms with Crippen molar-refractivity contribution in [2.45, 2.75) is 243 Å². The SMILES string of the molecule is CC(=O)NC1(C#N)CCC(c2ccccc2)(N(C)C)CC1.CCN1C(=O)NCC12CCC(c1ccccc1)(N(C)C)CC2.CCN1C(=O)NCC12CCC(c1ccccc1)(N(C)C)CC2.CCNC1(CN)CCC(c2ccccc2)(N(C)C)CC1.CN(C)C1(c2ccccc2)CCC(=O)CC1.CN(C)C1(c2ccccc2)CCC(N)(C#N)CC1. The molecule has 119 heavy (non-hydrogen) atoms. The second-order valence-corrected chi connectivity index (χ2v) is 36.7. The number of nitrogens with zero attached hydrogens (tertiary/aromatic N) is 10. The standard InChI is InChI=1S/2C18H27N3O.C17H23N3O.C17H29N3.C15H21N3.C14H19NO/c2*1-4-21-16(22)19-14-17(21)10-12-18(13-11-17,20(2)3)15-8-6-5-7-9-15;1-14(21)19-16(13-18)9-11-17(12-10-16,20(2)3)15-7-5-4-6-8-15;1-4-19-16(14-18)10-12-17(13-11-16,20(2)3)15-8-6-5-7-9-15;1-18(2)15(13-6-4-3-5-7-13)10-8-14(17,12-16)9-11-15;1-15(2)14(10-8-13(16)9-11-14)12-6-4-3-5-7-12/h2*5-9H,4,10-14H2,1-3H3,(H,19,22);4-8H,9-12H2,1-3H3,(H,19,21);5-9,19H,4,10-14,18H2,1-3H3;3-7H,8-11,17H2,1-2H3;3-7H,8-11H2,1-2H3. The normalized spacial score (nSPS) is 29.6. The Morgan fingerprint density at radius 1 is 0.387 bits per heavy atom. The van der Waals surface area contributed by atoms with E-state index in [1.54, 1.807) is 0 Å². The Bertz CT molecular complexity index is 4110. The van der Waals surface area contributed by atoms with Crippen LogP contribution >= 0.6 is 0 Å². The number of hydrogen-bond acceptors (Lipinski definition) is 15. The predicted octanol–water partition coefficient (Wildman–Crippen LogP) is 15.2. The van der Waals surface area contributed by atoms with Crippen molar-refractivity contribution in [2.75, 3.05) is 124 Å². The summed E-state index contributed by atoms with van der Waals surface area (Å²) in [4.78, 5) is 64.9. The molecule has 0 radical (unpaired) electrons. The molecule has 6 saturated carbocycles. The van der Waals surface area contributed by atoms with E-state index in [-0.39, 0.29) is 67.8 Å². The van der Waals surface area contributed by atoms with Crippen molar-refractivity contribution in [1.29, 1.82) is 10.5 Å². The average Bonchev–Trinajstić information content (AvgIpc) is 1.65. The van der Waals surface area contributed by atoms with E-state index in [2.05, 4.69) is 342 Å². The Balaban J connectivity index is 0.000000163. The largest absolute Gasteiger partial charge is 0.338 e. The molecule has 2 spiro atoms. The Morgan fingerprint density at radius 3 is 0.866 bits per heavy atom. The smallest absolute Gasteiger partial charge is 0.317 e. The van der Waals surface area contributed by atoms with Crippen LogP contribution in [0, 0.1) is 22.7 Å². The number of rotatable bonds is 18. The van der Waals surface area contributed by atoms with Crippen LogP contribution in [0.4, 0.5) is 9.59 Å². The van der Waals surface area contributed by atoms with Crippen molar-refractivity contribution in [3.63, 3.8) is 0 Å². The third-order valence-electron chi connectivity index (χ3n) is 29.8. The number of hydrogen-bond donors (Lipinski definition) is 6. The molecule has 14 rings (SSSR count). The van der Waals surface area contributed by atoms with E-state index in [1.807, 2.05) is 18.2 Å². The van der Waals surface area contributed by atoms with Gasteiger partial charge < -0.3 is 42.5 Å². The maximum Gasteiger partial charge on any atom is 0.317 e. The van der Waals surface area contributed by atoms with Gasteiger partial charge in [0.1, 0.15) is 16.9 Å². The van der Waals surface area contributed by atoms with Crippen LogP contribution in [0.25, 0.3) is 0 Å². The van der Waals surface area contributed by atoms with Crippen LogP contribution in [-0.2, 0) is 42.8 Å². The number of nitriles is 2. The van der Waals surface area contributed by atoms with Gasteiger partial charge in [-0.1, -0.05) is 189 Å². The first kappa shape index (κ1) is 94.5. The predicted molar refractivity (Wildman–Crippen MR) is 484 cm³/mol. The summed E-state index contributed by atoms with van der Waals surface area (Å²) in [6, 6.07) is 68.9. The number of ketones is 1. The molecule has 20 nitrogen and oxygen atoms in total. The van der Waals surface area contributed by atoms with E-state index in [0.29, 0.717) is 31.5 Å². The van der Waals surface area contributed by atoms with Crippen LogP contribution in [0.3, 0.4) is 0 Å². The van der Waals surface area contributed by atoms with Gasteiger partial charge in [-0.3, -0.25) is 39.0 Å². The van der Waals surface area contributed by atoms with Crippen LogP contribution in [0.15, 0.2) is 182 Å². The first-order chi connectivity index (χ1) is 56.8. The number of benzene rings is 6. The molecule has 8 N–H and O–H groups in total. The minimum absolute atomic E-state index is 0.0279. The van der Waals surface area contributed by atoms with E-state index in [0.717, 1.165) is 168 Å². The molecule has 0 atom stereocenters. The summed E-state index contributed by atoms with van der Waals surface area (Å²) in [5, 5.41) is 31.2. The summed E-state index contributed by atoms with van der Waals surface area (Å²) in [5.74, 6) is 0.280. The van der Waals surface area contributed by atoms with Crippen LogP contribution in [-0.4, -0.2) is 214 Å². The lowest BCUT2D eigenvalue weighted by Gasteiger charge is -2.50. The molecule has 5 amide bonds. The van der Waals surface area contributed by atoms with Crippen molar-refractivity contribution in [3.05, 3.63) is 215 Å². The molecule has 2 saturated heterocycles. The molecule has 0 aromatic heterocycles. The summed E-state index contributed by atoms with van der Waals surface area (Å²) in [6.07, 6.45) is 23.0. The van der Waals surface area contributed by atoms with Gasteiger partial charge in [0.25, 0.3) is 0 Å². The Hall–Kier alpha value is -8.38. The van der Waals surface area contributed by atoms with Gasteiger partial charge in [0.2, 0.25) is 5.91 Å². The van der Waals surface area contributed by atoms with Gasteiger partial charge in [-0.2, -0.15) is 10.5 Å². The molecule has 8 fully saturated rings. The number of amides is 5. The third-order valence-corrected chi connectivity index (χ3v) is 29.8. The Labute approximate surface area is 715 Å². The minimum atomic E-state index is -0.708. The Morgan fingerprint density at radius 2 is 0.639 bits per heavy atom. The molecular formula is C99H146N16O4. The summed E-state index contributed by atoms with van der Waals surface area (Å²) in [7, 11) is 25.8. The fourth-order valence-corrected chi connectivity index (χ4v) is 21.7. The van der Waals surface area contributed by atoms with Gasteiger partial charge in [0, 0.05) is 91.3 Å². The van der Waals surface area contributed by atoms with E-state index < -0.39 is 11.1 Å². The number of carbonyl (C=O) groups is 4. The number of carbonyl (C=O) groups excluding carboxylic acids is 4. The minimum Gasteiger partial charge on any atom is -0.338 e. The van der Waals surface area contributed by atoms with Crippen LogP contribution in [0.2, 0.25) is 0 Å². The lowest BCUT2D eigenvalue weighted by molar-refractivity contribution is -0.123. The molecule has 6 aromatic carbocycles. The zero-order valence-corrected chi connectivity index (χ0v) is 75.3. The summed E-state index contributed by atoms with van der Waals surface area (Å²) in [5.41, 5.74) is 19.6. The van der Waals surface area contributed by atoms with Gasteiger partial charge >= 0.3 is 12.1 Å². The molecule has 646 valence electrons. The monoisotopic (exact) mass is 1620 g/mol. The van der Waals surface area contributed by atoms with E-state index >= 15 is 0 Å². The second-order valence-electron chi connectivity index (χ2n) is 36.7. The van der Waals surface area contributed by atoms with E-state index in [4.69, 9.17) is 16.7 Å². The van der Waals surface area contributed by atoms with Gasteiger partial charge in [0.05, 0.1) is 23.2 Å². The van der Waals surface area contributed by atoms with Crippen LogP contribution in [0.1, 0.15) is 215 Å². The zero-order chi connectivity index (χ0) is 86.6. The maximum absolute atomic E-state index is 12.0. The molecule has 0 unspecified atom stereocenters. The lowest BCUT2D eigenvalue weighted by Crippen LogP contribution is -2.57. The summed E-state index contributed by atoms with van der Waals surface area (Å²) in [6.45, 7) is 12.7. The van der Waals surface area contributed by atoms with Crippen molar-refractivity contribution in [3.8, 4) is 12.1 Å².